The zero-order chi connectivity index (χ0) is 17.5. The van der Waals surface area contributed by atoms with Crippen LogP contribution in [0, 0.1) is 40.4 Å². The lowest BCUT2D eigenvalue weighted by atomic mass is 9.41. The third kappa shape index (κ3) is 1.18. The average Bonchev–Trinajstić information content (AvgIpc) is 2.90. The molecule has 24 heavy (non-hydrogen) atoms. The Bertz CT molecular complexity index is 621. The van der Waals surface area contributed by atoms with Crippen LogP contribution in [0.25, 0.3) is 0 Å². The van der Waals surface area contributed by atoms with Crippen molar-refractivity contribution in [2.24, 2.45) is 40.4 Å². The van der Waals surface area contributed by atoms with E-state index in [1.54, 1.807) is 0 Å². The highest BCUT2D eigenvalue weighted by molar-refractivity contribution is 5.37. The van der Waals surface area contributed by atoms with Gasteiger partial charge in [-0.15, -0.1) is 0 Å². The van der Waals surface area contributed by atoms with Gasteiger partial charge in [0.25, 0.3) is 0 Å². The van der Waals surface area contributed by atoms with Gasteiger partial charge in [-0.2, -0.15) is 0 Å². The van der Waals surface area contributed by atoms with Gasteiger partial charge < -0.3 is 20.1 Å². The molecule has 0 aromatic carbocycles. The zero-order valence-electron chi connectivity index (χ0n) is 15.5. The van der Waals surface area contributed by atoms with E-state index in [0.29, 0.717) is 18.3 Å². The molecule has 0 unspecified atom stereocenters. The molecule has 5 aliphatic rings. The van der Waals surface area contributed by atoms with Crippen molar-refractivity contribution < 1.29 is 20.1 Å². The molecule has 5 bridgehead atoms. The van der Waals surface area contributed by atoms with E-state index >= 15 is 0 Å². The first-order valence-corrected chi connectivity index (χ1v) is 9.82. The van der Waals surface area contributed by atoms with Gasteiger partial charge in [-0.25, -0.2) is 0 Å². The number of hydrogen-bond acceptors (Lipinski definition) is 4. The highest BCUT2D eigenvalue weighted by atomic mass is 16.7. The Morgan fingerprint density at radius 2 is 1.79 bits per heavy atom. The fraction of sp³-hybridized carbons (Fsp3) is 1.00. The number of aliphatic hydroxyl groups is 3. The molecule has 10 atom stereocenters. The van der Waals surface area contributed by atoms with Crippen LogP contribution in [0.3, 0.4) is 0 Å². The molecular weight excluding hydrogens is 304 g/mol. The van der Waals surface area contributed by atoms with Gasteiger partial charge in [0.05, 0.1) is 17.1 Å². The first-order chi connectivity index (χ1) is 11.0. The molecule has 136 valence electrons. The van der Waals surface area contributed by atoms with Crippen LogP contribution >= 0.6 is 0 Å². The van der Waals surface area contributed by atoms with Gasteiger partial charge in [0, 0.05) is 17.8 Å². The Hall–Kier alpha value is -0.160. The van der Waals surface area contributed by atoms with Crippen molar-refractivity contribution in [3.05, 3.63) is 0 Å². The van der Waals surface area contributed by atoms with Crippen molar-refractivity contribution in [3.8, 4) is 0 Å². The summed E-state index contributed by atoms with van der Waals surface area (Å²) in [7, 11) is 0. The van der Waals surface area contributed by atoms with E-state index < -0.39 is 33.9 Å². The summed E-state index contributed by atoms with van der Waals surface area (Å²) in [6, 6.07) is 0. The monoisotopic (exact) mass is 336 g/mol. The molecule has 4 saturated carbocycles. The molecule has 0 amide bonds. The van der Waals surface area contributed by atoms with E-state index in [0.717, 1.165) is 19.3 Å². The van der Waals surface area contributed by atoms with Gasteiger partial charge in [-0.1, -0.05) is 34.6 Å². The van der Waals surface area contributed by atoms with Crippen LogP contribution in [-0.4, -0.2) is 38.4 Å². The molecule has 0 spiro atoms. The Kier molecular flexibility index (Phi) is 2.61. The largest absolute Gasteiger partial charge is 0.389 e. The molecule has 5 fully saturated rings. The minimum Gasteiger partial charge on any atom is -0.389 e. The van der Waals surface area contributed by atoms with Gasteiger partial charge in [-0.3, -0.25) is 0 Å². The zero-order valence-corrected chi connectivity index (χ0v) is 15.5. The maximum Gasteiger partial charge on any atom is 0.175 e. The van der Waals surface area contributed by atoms with Crippen molar-refractivity contribution in [2.75, 3.05) is 0 Å². The predicted molar refractivity (Wildman–Crippen MR) is 88.9 cm³/mol. The van der Waals surface area contributed by atoms with E-state index in [-0.39, 0.29) is 17.8 Å². The van der Waals surface area contributed by atoms with Crippen LogP contribution in [0.4, 0.5) is 0 Å². The third-order valence-corrected chi connectivity index (χ3v) is 9.80. The summed E-state index contributed by atoms with van der Waals surface area (Å²) in [6.07, 6.45) is 2.62. The maximum absolute atomic E-state index is 12.1. The molecular formula is C20H32O4. The normalized spacial score (nSPS) is 69.6. The fourth-order valence-corrected chi connectivity index (χ4v) is 8.66. The van der Waals surface area contributed by atoms with Gasteiger partial charge in [0.15, 0.2) is 5.79 Å². The second kappa shape index (κ2) is 3.90. The molecule has 4 nitrogen and oxygen atoms in total. The number of fused-ring (bicyclic) bond motifs is 3. The maximum atomic E-state index is 12.1. The highest BCUT2D eigenvalue weighted by Crippen LogP contribution is 2.83. The number of hydrogen-bond donors (Lipinski definition) is 3. The molecule has 1 aliphatic heterocycles. The SMILES string of the molecule is CC(C)[C@@H]1C[C@@H]2[C@@]3(O)[C@@H]4O[C@@](O)(C[C@@]2(C)[C@@]2(O)CC[C@@H](C)[C@@H]42)[C@@]13C. The Morgan fingerprint density at radius 3 is 2.42 bits per heavy atom. The molecule has 0 aromatic heterocycles. The molecule has 3 N–H and O–H groups in total. The molecule has 1 heterocycles. The third-order valence-electron chi connectivity index (χ3n) is 9.80. The summed E-state index contributed by atoms with van der Waals surface area (Å²) >= 11 is 0. The van der Waals surface area contributed by atoms with E-state index in [1.807, 2.05) is 0 Å². The summed E-state index contributed by atoms with van der Waals surface area (Å²) in [6.45, 7) is 10.7. The molecule has 4 aliphatic carbocycles. The van der Waals surface area contributed by atoms with Gasteiger partial charge in [0.2, 0.25) is 0 Å². The summed E-state index contributed by atoms with van der Waals surface area (Å²) < 4.78 is 6.34. The highest BCUT2D eigenvalue weighted by Gasteiger charge is 2.91. The Labute approximate surface area is 144 Å². The second-order valence-corrected chi connectivity index (χ2v) is 10.5. The van der Waals surface area contributed by atoms with Gasteiger partial charge in [0.1, 0.15) is 5.60 Å². The van der Waals surface area contributed by atoms with Crippen LogP contribution in [0.5, 0.6) is 0 Å². The lowest BCUT2D eigenvalue weighted by Crippen LogP contribution is -2.75. The summed E-state index contributed by atoms with van der Waals surface area (Å²) in [5.41, 5.74) is -2.99. The van der Waals surface area contributed by atoms with Crippen molar-refractivity contribution in [1.29, 1.82) is 0 Å². The minimum absolute atomic E-state index is 0.00160. The average molecular weight is 336 g/mol. The van der Waals surface area contributed by atoms with Crippen LogP contribution in [0.2, 0.25) is 0 Å². The van der Waals surface area contributed by atoms with Crippen molar-refractivity contribution in [2.45, 2.75) is 83.4 Å². The summed E-state index contributed by atoms with van der Waals surface area (Å²) in [4.78, 5) is 0. The fourth-order valence-electron chi connectivity index (χ4n) is 8.66. The Balaban J connectivity index is 1.80. The quantitative estimate of drug-likeness (QED) is 0.687. The molecule has 0 aromatic rings. The van der Waals surface area contributed by atoms with Crippen molar-refractivity contribution in [3.63, 3.8) is 0 Å². The minimum atomic E-state index is -1.33. The molecule has 4 heteroatoms. The van der Waals surface area contributed by atoms with Crippen LogP contribution < -0.4 is 0 Å². The first kappa shape index (κ1) is 16.0. The summed E-state index contributed by atoms with van der Waals surface area (Å²) in [5.74, 6) is -0.516. The van der Waals surface area contributed by atoms with Gasteiger partial charge in [-0.05, 0) is 42.9 Å². The molecule has 5 rings (SSSR count). The predicted octanol–water partition coefficient (Wildman–Crippen LogP) is 2.30. The van der Waals surface area contributed by atoms with E-state index in [2.05, 4.69) is 34.6 Å². The van der Waals surface area contributed by atoms with E-state index in [4.69, 9.17) is 4.74 Å². The van der Waals surface area contributed by atoms with Crippen LogP contribution in [-0.2, 0) is 4.74 Å². The van der Waals surface area contributed by atoms with E-state index in [9.17, 15) is 15.3 Å². The lowest BCUT2D eigenvalue weighted by Gasteiger charge is -2.64. The second-order valence-electron chi connectivity index (χ2n) is 10.5. The lowest BCUT2D eigenvalue weighted by molar-refractivity contribution is -0.301. The number of ether oxygens (including phenoxy) is 1. The van der Waals surface area contributed by atoms with E-state index in [1.165, 1.54) is 0 Å². The van der Waals surface area contributed by atoms with Crippen molar-refractivity contribution in [1.82, 2.24) is 0 Å². The van der Waals surface area contributed by atoms with Crippen LogP contribution in [0.1, 0.15) is 60.3 Å². The standard InChI is InChI=1S/C20H32O4/c1-10(2)12-8-13-16(4)9-19(22)17(12,5)20(13,23)15(24-19)14-11(3)6-7-18(14,16)21/h10-15,21-23H,6-9H2,1-5H3/t11-,12+,13+,14+,15-,16-,17-,18-,19+,20-/m1/s1. The first-order valence-electron chi connectivity index (χ1n) is 9.82. The summed E-state index contributed by atoms with van der Waals surface area (Å²) in [5, 5.41) is 35.6. The molecule has 0 radical (unpaired) electrons. The Morgan fingerprint density at radius 1 is 1.12 bits per heavy atom. The smallest absolute Gasteiger partial charge is 0.175 e. The topological polar surface area (TPSA) is 69.9 Å². The van der Waals surface area contributed by atoms with Gasteiger partial charge >= 0.3 is 0 Å². The molecule has 1 saturated heterocycles. The van der Waals surface area contributed by atoms with Crippen LogP contribution in [0.15, 0.2) is 0 Å². The van der Waals surface area contributed by atoms with Crippen molar-refractivity contribution >= 4 is 0 Å². The number of rotatable bonds is 1.